The molecule has 1 atom stereocenters. The first-order valence-corrected chi connectivity index (χ1v) is 8.95. The Morgan fingerprint density at radius 2 is 2.22 bits per heavy atom. The van der Waals surface area contributed by atoms with E-state index < -0.39 is 5.92 Å². The minimum atomic E-state index is -0.475. The highest BCUT2D eigenvalue weighted by Gasteiger charge is 2.36. The maximum atomic E-state index is 9.56. The molecule has 0 radical (unpaired) electrons. The first-order chi connectivity index (χ1) is 13.1. The first-order valence-electron chi connectivity index (χ1n) is 8.16. The normalized spacial score (nSPS) is 15.8. The van der Waals surface area contributed by atoms with E-state index in [1.165, 1.54) is 0 Å². The van der Waals surface area contributed by atoms with Gasteiger partial charge in [-0.15, -0.1) is 5.10 Å². The highest BCUT2D eigenvalue weighted by Crippen LogP contribution is 2.43. The molecule has 3 heterocycles. The number of ether oxygens (including phenoxy) is 2. The Bertz CT molecular complexity index is 1080. The van der Waals surface area contributed by atoms with Crippen LogP contribution in [0.5, 0.6) is 11.6 Å². The van der Waals surface area contributed by atoms with Gasteiger partial charge in [0.1, 0.15) is 35.5 Å². The molecule has 1 aliphatic heterocycles. The fraction of sp³-hybridized carbons (Fsp3) is 0.158. The minimum Gasteiger partial charge on any atom is -0.486 e. The number of hydrogen-bond donors (Lipinski definition) is 2. The van der Waals surface area contributed by atoms with Crippen molar-refractivity contribution in [3.8, 4) is 17.7 Å². The summed E-state index contributed by atoms with van der Waals surface area (Å²) in [5, 5.41) is 16.5. The number of H-pyrrole nitrogens is 1. The van der Waals surface area contributed by atoms with Crippen molar-refractivity contribution in [1.29, 1.82) is 5.26 Å². The van der Waals surface area contributed by atoms with Crippen molar-refractivity contribution in [1.82, 2.24) is 10.2 Å². The third kappa shape index (κ3) is 3.17. The van der Waals surface area contributed by atoms with Crippen molar-refractivity contribution in [2.45, 2.75) is 19.4 Å². The number of halogens is 1. The van der Waals surface area contributed by atoms with Crippen LogP contribution in [0.3, 0.4) is 0 Å². The van der Waals surface area contributed by atoms with Crippen LogP contribution in [0.4, 0.5) is 0 Å². The SMILES string of the molecule is Cc1[nH]nc2c1[C@H](c1ccc(COc3cccc(Br)c3)o1)C(C#N)=C(N)O2. The van der Waals surface area contributed by atoms with Crippen molar-refractivity contribution in [2.24, 2.45) is 5.73 Å². The van der Waals surface area contributed by atoms with Crippen LogP contribution in [-0.2, 0) is 6.61 Å². The van der Waals surface area contributed by atoms with Crippen LogP contribution < -0.4 is 15.2 Å². The van der Waals surface area contributed by atoms with Gasteiger partial charge in [-0.1, -0.05) is 22.0 Å². The zero-order valence-electron chi connectivity index (χ0n) is 14.3. The van der Waals surface area contributed by atoms with E-state index in [2.05, 4.69) is 32.2 Å². The van der Waals surface area contributed by atoms with Crippen LogP contribution in [0.25, 0.3) is 0 Å². The third-order valence-electron chi connectivity index (χ3n) is 4.27. The monoisotopic (exact) mass is 426 g/mol. The molecule has 7 nitrogen and oxygen atoms in total. The van der Waals surface area contributed by atoms with Crippen molar-refractivity contribution in [3.63, 3.8) is 0 Å². The molecule has 136 valence electrons. The lowest BCUT2D eigenvalue weighted by molar-refractivity contribution is 0.264. The number of hydrogen-bond acceptors (Lipinski definition) is 6. The summed E-state index contributed by atoms with van der Waals surface area (Å²) in [5.74, 6) is 1.86. The van der Waals surface area contributed by atoms with E-state index in [0.717, 1.165) is 21.5 Å². The predicted molar refractivity (Wildman–Crippen MR) is 99.8 cm³/mol. The largest absolute Gasteiger partial charge is 0.486 e. The van der Waals surface area contributed by atoms with Gasteiger partial charge in [-0.2, -0.15) is 5.26 Å². The van der Waals surface area contributed by atoms with E-state index in [1.54, 1.807) is 0 Å². The van der Waals surface area contributed by atoms with Crippen molar-refractivity contribution in [2.75, 3.05) is 0 Å². The molecule has 1 aliphatic rings. The first kappa shape index (κ1) is 17.2. The second-order valence-electron chi connectivity index (χ2n) is 6.04. The van der Waals surface area contributed by atoms with E-state index in [4.69, 9.17) is 19.6 Å². The maximum Gasteiger partial charge on any atom is 0.244 e. The van der Waals surface area contributed by atoms with Gasteiger partial charge in [0.05, 0.1) is 11.5 Å². The maximum absolute atomic E-state index is 9.56. The lowest BCUT2D eigenvalue weighted by Crippen LogP contribution is -2.20. The minimum absolute atomic E-state index is 0.0323. The van der Waals surface area contributed by atoms with Crippen LogP contribution in [0.2, 0.25) is 0 Å². The molecule has 2 aromatic heterocycles. The number of fused-ring (bicyclic) bond motifs is 1. The Hall–Kier alpha value is -3.18. The lowest BCUT2D eigenvalue weighted by atomic mass is 9.88. The summed E-state index contributed by atoms with van der Waals surface area (Å²) in [6, 6.07) is 13.3. The van der Waals surface area contributed by atoms with Crippen molar-refractivity contribution in [3.05, 3.63) is 75.1 Å². The van der Waals surface area contributed by atoms with Gasteiger partial charge >= 0.3 is 0 Å². The van der Waals surface area contributed by atoms with Crippen molar-refractivity contribution < 1.29 is 13.9 Å². The fourth-order valence-corrected chi connectivity index (χ4v) is 3.40. The number of nitrogens with one attached hydrogen (secondary N) is 1. The van der Waals surface area contributed by atoms with Gasteiger partial charge in [0.2, 0.25) is 11.8 Å². The number of nitrogens with two attached hydrogens (primary N) is 1. The molecule has 0 spiro atoms. The highest BCUT2D eigenvalue weighted by atomic mass is 79.9. The molecule has 0 bridgehead atoms. The van der Waals surface area contributed by atoms with Crippen LogP contribution in [-0.4, -0.2) is 10.2 Å². The second kappa shape index (κ2) is 6.85. The molecule has 3 N–H and O–H groups in total. The summed E-state index contributed by atoms with van der Waals surface area (Å²) in [4.78, 5) is 0. The number of aryl methyl sites for hydroxylation is 1. The van der Waals surface area contributed by atoms with Crippen LogP contribution in [0, 0.1) is 18.3 Å². The van der Waals surface area contributed by atoms with Gasteiger partial charge in [-0.05, 0) is 37.3 Å². The van der Waals surface area contributed by atoms with Gasteiger partial charge < -0.3 is 19.6 Å². The number of allylic oxidation sites excluding steroid dienone is 1. The quantitative estimate of drug-likeness (QED) is 0.654. The number of nitriles is 1. The summed E-state index contributed by atoms with van der Waals surface area (Å²) >= 11 is 3.41. The zero-order chi connectivity index (χ0) is 19.0. The molecule has 0 saturated heterocycles. The molecule has 0 aliphatic carbocycles. The van der Waals surface area contributed by atoms with E-state index in [0.29, 0.717) is 23.0 Å². The number of furan rings is 1. The molecular formula is C19H15BrN4O3. The fourth-order valence-electron chi connectivity index (χ4n) is 3.02. The third-order valence-corrected chi connectivity index (χ3v) is 4.77. The highest BCUT2D eigenvalue weighted by molar-refractivity contribution is 9.10. The Morgan fingerprint density at radius 3 is 3.00 bits per heavy atom. The Balaban J connectivity index is 1.62. The molecule has 0 saturated carbocycles. The van der Waals surface area contributed by atoms with Crippen LogP contribution >= 0.6 is 15.9 Å². The molecular weight excluding hydrogens is 412 g/mol. The summed E-state index contributed by atoms with van der Waals surface area (Å²) < 4.78 is 18.1. The zero-order valence-corrected chi connectivity index (χ0v) is 15.9. The van der Waals surface area contributed by atoms with E-state index in [9.17, 15) is 5.26 Å². The van der Waals surface area contributed by atoms with Gasteiger partial charge in [-0.3, -0.25) is 5.10 Å². The average molecular weight is 427 g/mol. The van der Waals surface area contributed by atoms with E-state index >= 15 is 0 Å². The standard InChI is InChI=1S/C19H15BrN4O3/c1-10-16-17(14(8-21)18(22)27-19(16)24-23-10)15-6-5-13(26-15)9-25-12-4-2-3-11(20)7-12/h2-7,17H,9,22H2,1H3,(H,23,24)/t17-/m0/s1. The molecule has 1 aromatic carbocycles. The number of aromatic amines is 1. The number of nitrogens with zero attached hydrogens (tertiary/aromatic N) is 2. The van der Waals surface area contributed by atoms with Crippen LogP contribution in [0.15, 0.2) is 56.7 Å². The topological polar surface area (TPSA) is 110 Å². The van der Waals surface area contributed by atoms with E-state index in [1.807, 2.05) is 43.3 Å². The van der Waals surface area contributed by atoms with Gasteiger partial charge in [0.25, 0.3) is 0 Å². The van der Waals surface area contributed by atoms with E-state index in [-0.39, 0.29) is 12.5 Å². The molecule has 0 amide bonds. The number of benzene rings is 1. The summed E-state index contributed by atoms with van der Waals surface area (Å²) in [6.45, 7) is 2.12. The Kier molecular flexibility index (Phi) is 4.38. The molecule has 0 unspecified atom stereocenters. The van der Waals surface area contributed by atoms with Gasteiger partial charge in [0.15, 0.2) is 0 Å². The lowest BCUT2D eigenvalue weighted by Gasteiger charge is -2.21. The molecule has 3 aromatic rings. The predicted octanol–water partition coefficient (Wildman–Crippen LogP) is 3.87. The molecule has 8 heteroatoms. The number of aromatic nitrogens is 2. The average Bonchev–Trinajstić information content (AvgIpc) is 3.26. The molecule has 0 fully saturated rings. The molecule has 4 rings (SSSR count). The van der Waals surface area contributed by atoms with Crippen molar-refractivity contribution >= 4 is 15.9 Å². The van der Waals surface area contributed by atoms with Gasteiger partial charge in [0, 0.05) is 10.2 Å². The molecule has 27 heavy (non-hydrogen) atoms. The summed E-state index contributed by atoms with van der Waals surface area (Å²) in [6.07, 6.45) is 0. The Morgan fingerprint density at radius 1 is 1.37 bits per heavy atom. The Labute approximate surface area is 163 Å². The summed E-state index contributed by atoms with van der Waals surface area (Å²) in [5.41, 5.74) is 7.73. The van der Waals surface area contributed by atoms with Gasteiger partial charge in [-0.25, -0.2) is 0 Å². The summed E-state index contributed by atoms with van der Waals surface area (Å²) in [7, 11) is 0. The number of rotatable bonds is 4. The smallest absolute Gasteiger partial charge is 0.244 e. The van der Waals surface area contributed by atoms with Crippen LogP contribution in [0.1, 0.15) is 28.7 Å². The second-order valence-corrected chi connectivity index (χ2v) is 6.96.